The number of aliphatic carboxylic acids is 1. The van der Waals surface area contributed by atoms with Gasteiger partial charge in [-0.1, -0.05) is 6.07 Å². The van der Waals surface area contributed by atoms with Crippen LogP contribution in [0.3, 0.4) is 0 Å². The fourth-order valence-electron chi connectivity index (χ4n) is 2.46. The number of halogens is 2. The molecule has 1 unspecified atom stereocenters. The molecule has 0 aliphatic carbocycles. The Labute approximate surface area is 154 Å². The molecule has 0 fully saturated rings. The average Bonchev–Trinajstić information content (AvgIpc) is 2.81. The van der Waals surface area contributed by atoms with Gasteiger partial charge in [0, 0.05) is 6.42 Å². The van der Waals surface area contributed by atoms with E-state index < -0.39 is 42.0 Å². The number of Topliss-reactive ketones (excluding diaryl/α,β-unsaturated/α-hetero) is 1. The zero-order valence-electron chi connectivity index (χ0n) is 15.1. The van der Waals surface area contributed by atoms with Crippen LogP contribution in [0, 0.1) is 5.92 Å². The molecule has 0 saturated heterocycles. The van der Waals surface area contributed by atoms with E-state index in [4.69, 9.17) is 9.84 Å². The van der Waals surface area contributed by atoms with Gasteiger partial charge in [-0.15, -0.1) is 8.78 Å². The van der Waals surface area contributed by atoms with Gasteiger partial charge in [0.05, 0.1) is 6.42 Å². The minimum atomic E-state index is -3.77. The summed E-state index contributed by atoms with van der Waals surface area (Å²) < 4.78 is 40.1. The lowest BCUT2D eigenvalue weighted by Gasteiger charge is -2.23. The predicted octanol–water partition coefficient (Wildman–Crippen LogP) is 2.94. The molecule has 1 aliphatic rings. The maximum Gasteiger partial charge on any atom is 0.586 e. The summed E-state index contributed by atoms with van der Waals surface area (Å²) in [5.41, 5.74) is -0.478. The van der Waals surface area contributed by atoms with Gasteiger partial charge in [-0.05, 0) is 44.9 Å². The van der Waals surface area contributed by atoms with Crippen molar-refractivity contribution in [2.24, 2.45) is 5.92 Å². The molecule has 9 heteroatoms. The van der Waals surface area contributed by atoms with Gasteiger partial charge in [-0.2, -0.15) is 0 Å². The highest BCUT2D eigenvalue weighted by Gasteiger charge is 2.43. The van der Waals surface area contributed by atoms with E-state index in [0.717, 1.165) is 0 Å². The summed E-state index contributed by atoms with van der Waals surface area (Å²) in [6.45, 7) is 4.89. The van der Waals surface area contributed by atoms with Crippen LogP contribution in [-0.4, -0.2) is 34.7 Å². The Morgan fingerprint density at radius 1 is 1.15 bits per heavy atom. The molecule has 0 aromatic heterocycles. The zero-order chi connectivity index (χ0) is 20.4. The second kappa shape index (κ2) is 7.50. The molecule has 1 aromatic carbocycles. The van der Waals surface area contributed by atoms with Crippen LogP contribution in [0.5, 0.6) is 11.5 Å². The van der Waals surface area contributed by atoms with E-state index in [9.17, 15) is 23.2 Å². The van der Waals surface area contributed by atoms with Crippen LogP contribution in [0.4, 0.5) is 8.78 Å². The van der Waals surface area contributed by atoms with Crippen molar-refractivity contribution in [3.8, 4) is 11.5 Å². The van der Waals surface area contributed by atoms with E-state index in [0.29, 0.717) is 5.56 Å². The van der Waals surface area contributed by atoms with Crippen molar-refractivity contribution in [3.63, 3.8) is 0 Å². The van der Waals surface area contributed by atoms with Crippen LogP contribution >= 0.6 is 0 Å². The monoisotopic (exact) mass is 386 g/mol. The van der Waals surface area contributed by atoms with Crippen molar-refractivity contribution in [1.82, 2.24) is 0 Å². The number of hydrogen-bond acceptors (Lipinski definition) is 6. The molecular weight excluding hydrogens is 366 g/mol. The third-order valence-corrected chi connectivity index (χ3v) is 3.57. The number of benzene rings is 1. The van der Waals surface area contributed by atoms with E-state index in [1.165, 1.54) is 18.2 Å². The number of fused-ring (bicyclic) bond motifs is 1. The molecule has 0 saturated carbocycles. The highest BCUT2D eigenvalue weighted by Crippen LogP contribution is 2.41. The summed E-state index contributed by atoms with van der Waals surface area (Å²) in [5.74, 6) is -4.20. The SMILES string of the molecule is CC(C)(C)OC(=O)C(Cc1ccc2c(c1)OC(F)(F)O2)C(=O)CCC(=O)O. The Kier molecular flexibility index (Phi) is 5.72. The minimum Gasteiger partial charge on any atom is -0.481 e. The van der Waals surface area contributed by atoms with Crippen molar-refractivity contribution < 1.29 is 42.5 Å². The van der Waals surface area contributed by atoms with E-state index >= 15 is 0 Å². The fourth-order valence-corrected chi connectivity index (χ4v) is 2.46. The van der Waals surface area contributed by atoms with Gasteiger partial charge < -0.3 is 19.3 Å². The number of carboxylic acid groups (broad SMARTS) is 1. The predicted molar refractivity (Wildman–Crippen MR) is 87.6 cm³/mol. The first kappa shape index (κ1) is 20.6. The first-order valence-electron chi connectivity index (χ1n) is 8.22. The van der Waals surface area contributed by atoms with E-state index in [2.05, 4.69) is 9.47 Å². The number of carbonyl (C=O) groups is 3. The summed E-state index contributed by atoms with van der Waals surface area (Å²) in [6, 6.07) is 3.92. The zero-order valence-corrected chi connectivity index (χ0v) is 15.1. The van der Waals surface area contributed by atoms with Gasteiger partial charge in [0.25, 0.3) is 0 Å². The van der Waals surface area contributed by atoms with E-state index in [1.807, 2.05) is 0 Å². The number of esters is 1. The lowest BCUT2D eigenvalue weighted by molar-refractivity contribution is -0.286. The second-order valence-electron chi connectivity index (χ2n) is 7.10. The molecule has 0 bridgehead atoms. The van der Waals surface area contributed by atoms with Crippen LogP contribution in [0.1, 0.15) is 39.2 Å². The molecule has 148 valence electrons. The lowest BCUT2D eigenvalue weighted by atomic mass is 9.92. The Balaban J connectivity index is 2.20. The van der Waals surface area contributed by atoms with Gasteiger partial charge >= 0.3 is 18.2 Å². The van der Waals surface area contributed by atoms with E-state index in [1.54, 1.807) is 20.8 Å². The molecule has 0 radical (unpaired) electrons. The molecule has 1 atom stereocenters. The summed E-state index contributed by atoms with van der Waals surface area (Å²) in [4.78, 5) is 35.5. The van der Waals surface area contributed by atoms with Crippen LogP contribution in [0.25, 0.3) is 0 Å². The molecule has 1 heterocycles. The molecule has 27 heavy (non-hydrogen) atoms. The van der Waals surface area contributed by atoms with Crippen LogP contribution in [0.15, 0.2) is 18.2 Å². The Morgan fingerprint density at radius 2 is 1.78 bits per heavy atom. The van der Waals surface area contributed by atoms with Crippen molar-refractivity contribution >= 4 is 17.7 Å². The van der Waals surface area contributed by atoms with Crippen molar-refractivity contribution in [2.75, 3.05) is 0 Å². The Morgan fingerprint density at radius 3 is 2.37 bits per heavy atom. The highest BCUT2D eigenvalue weighted by molar-refractivity contribution is 6.00. The molecular formula is C18H20F2O7. The van der Waals surface area contributed by atoms with Crippen molar-refractivity contribution in [1.29, 1.82) is 0 Å². The standard InChI is InChI=1S/C18H20F2O7/c1-17(2,3)27-16(24)11(12(21)5-7-15(22)23)8-10-4-6-13-14(9-10)26-18(19,20)25-13/h4,6,9,11H,5,7-8H2,1-3H3,(H,22,23). The topological polar surface area (TPSA) is 99.1 Å². The third-order valence-electron chi connectivity index (χ3n) is 3.57. The minimum absolute atomic E-state index is 0.143. The maximum absolute atomic E-state index is 13.1. The van der Waals surface area contributed by atoms with Gasteiger partial charge in [0.15, 0.2) is 11.5 Å². The molecule has 0 spiro atoms. The first-order valence-corrected chi connectivity index (χ1v) is 8.22. The molecule has 0 amide bonds. The first-order chi connectivity index (χ1) is 12.4. The highest BCUT2D eigenvalue weighted by atomic mass is 19.3. The fraction of sp³-hybridized carbons (Fsp3) is 0.500. The summed E-state index contributed by atoms with van der Waals surface area (Å²) in [5, 5.41) is 8.74. The van der Waals surface area contributed by atoms with Crippen LogP contribution in [0.2, 0.25) is 0 Å². The van der Waals surface area contributed by atoms with Crippen molar-refractivity contribution in [3.05, 3.63) is 23.8 Å². The van der Waals surface area contributed by atoms with Gasteiger partial charge in [-0.25, -0.2) is 0 Å². The quantitative estimate of drug-likeness (QED) is 0.568. The number of ether oxygens (including phenoxy) is 3. The Hall–Kier alpha value is -2.71. The number of carboxylic acids is 1. The maximum atomic E-state index is 13.1. The summed E-state index contributed by atoms with van der Waals surface area (Å²) >= 11 is 0. The number of rotatable bonds is 7. The molecule has 1 aliphatic heterocycles. The van der Waals surface area contributed by atoms with Gasteiger partial charge in [-0.3, -0.25) is 14.4 Å². The summed E-state index contributed by atoms with van der Waals surface area (Å²) in [6.07, 6.45) is -4.69. The van der Waals surface area contributed by atoms with Crippen LogP contribution < -0.4 is 9.47 Å². The van der Waals surface area contributed by atoms with Gasteiger partial charge in [0.1, 0.15) is 17.3 Å². The van der Waals surface area contributed by atoms with E-state index in [-0.39, 0.29) is 24.3 Å². The molecule has 2 rings (SSSR count). The van der Waals surface area contributed by atoms with Crippen LogP contribution in [-0.2, 0) is 25.5 Å². The Bertz CT molecular complexity index is 753. The average molecular weight is 386 g/mol. The molecule has 7 nitrogen and oxygen atoms in total. The number of ketones is 1. The lowest BCUT2D eigenvalue weighted by Crippen LogP contribution is -2.34. The van der Waals surface area contributed by atoms with Crippen molar-refractivity contribution in [2.45, 2.75) is 51.9 Å². The third kappa shape index (κ3) is 5.90. The molecule has 1 aromatic rings. The largest absolute Gasteiger partial charge is 0.586 e. The number of hydrogen-bond donors (Lipinski definition) is 1. The number of alkyl halides is 2. The summed E-state index contributed by atoms with van der Waals surface area (Å²) in [7, 11) is 0. The number of carbonyl (C=O) groups excluding carboxylic acids is 2. The second-order valence-corrected chi connectivity index (χ2v) is 7.10. The normalized spacial score (nSPS) is 15.9. The smallest absolute Gasteiger partial charge is 0.481 e. The van der Waals surface area contributed by atoms with Gasteiger partial charge in [0.2, 0.25) is 0 Å². The molecule has 1 N–H and O–H groups in total.